The molecular weight excluding hydrogens is 448 g/mol. The first-order chi connectivity index (χ1) is 17.7. The van der Waals surface area contributed by atoms with E-state index in [4.69, 9.17) is 0 Å². The van der Waals surface area contributed by atoms with E-state index < -0.39 is 11.8 Å². The van der Waals surface area contributed by atoms with Gasteiger partial charge in [0.25, 0.3) is 0 Å². The summed E-state index contributed by atoms with van der Waals surface area (Å²) in [6.07, 6.45) is 20.4. The quantitative estimate of drug-likeness (QED) is 0.338. The molecular formula is C30H24N4O2. The summed E-state index contributed by atoms with van der Waals surface area (Å²) in [6.45, 7) is 0. The summed E-state index contributed by atoms with van der Waals surface area (Å²) in [6, 6.07) is 15.0. The third kappa shape index (κ3) is 4.93. The van der Waals surface area contributed by atoms with Crippen molar-refractivity contribution in [2.75, 3.05) is 0 Å². The summed E-state index contributed by atoms with van der Waals surface area (Å²) < 4.78 is 0. The van der Waals surface area contributed by atoms with Crippen molar-refractivity contribution < 1.29 is 9.59 Å². The second-order valence-corrected chi connectivity index (χ2v) is 8.70. The maximum atomic E-state index is 13.6. The number of carbonyl (C=O) groups is 2. The molecule has 1 aliphatic rings. The fourth-order valence-corrected chi connectivity index (χ4v) is 4.98. The van der Waals surface area contributed by atoms with Gasteiger partial charge in [-0.25, -0.2) is 0 Å². The highest BCUT2D eigenvalue weighted by molar-refractivity contribution is 6.03. The number of carbonyl (C=O) groups excluding carboxylic acids is 2. The van der Waals surface area contributed by atoms with E-state index in [1.165, 1.54) is 0 Å². The molecule has 0 radical (unpaired) electrons. The Kier molecular flexibility index (Phi) is 6.94. The Labute approximate surface area is 209 Å². The number of allylic oxidation sites excluding steroid dienone is 2. The SMILES string of the molecule is O=C(/C=C/c1ccncc1)C1C(c2ccncc2)C(C(=O)/C=C/c2ccncc2)C1c1ccncc1. The molecule has 0 aromatic carbocycles. The Balaban J connectivity index is 1.52. The molecule has 4 aromatic rings. The van der Waals surface area contributed by atoms with E-state index in [0.29, 0.717) is 0 Å². The largest absolute Gasteiger partial charge is 0.294 e. The highest BCUT2D eigenvalue weighted by Gasteiger charge is 2.56. The summed E-state index contributed by atoms with van der Waals surface area (Å²) in [5.74, 6) is -1.35. The molecule has 0 unspecified atom stereocenters. The van der Waals surface area contributed by atoms with Crippen LogP contribution in [-0.4, -0.2) is 31.5 Å². The molecule has 6 heteroatoms. The van der Waals surface area contributed by atoms with Crippen LogP contribution in [0, 0.1) is 11.8 Å². The number of pyridine rings is 4. The van der Waals surface area contributed by atoms with Crippen molar-refractivity contribution in [2.24, 2.45) is 11.8 Å². The van der Waals surface area contributed by atoms with Gasteiger partial charge in [-0.15, -0.1) is 0 Å². The summed E-state index contributed by atoms with van der Waals surface area (Å²) in [5, 5.41) is 0. The topological polar surface area (TPSA) is 85.7 Å². The number of nitrogens with zero attached hydrogens (tertiary/aromatic N) is 4. The van der Waals surface area contributed by atoms with Gasteiger partial charge in [-0.2, -0.15) is 0 Å². The second kappa shape index (κ2) is 10.8. The minimum absolute atomic E-state index is 0.0161. The van der Waals surface area contributed by atoms with E-state index in [9.17, 15) is 9.59 Å². The van der Waals surface area contributed by atoms with Gasteiger partial charge in [-0.3, -0.25) is 29.5 Å². The normalized spacial score (nSPS) is 21.3. The van der Waals surface area contributed by atoms with Gasteiger partial charge in [-0.1, -0.05) is 12.2 Å². The Hall–Kier alpha value is -4.58. The van der Waals surface area contributed by atoms with Crippen LogP contribution in [0.15, 0.2) is 110 Å². The number of hydrogen-bond donors (Lipinski definition) is 0. The molecule has 6 nitrogen and oxygen atoms in total. The lowest BCUT2D eigenvalue weighted by Gasteiger charge is -2.50. The third-order valence-corrected chi connectivity index (χ3v) is 6.68. The van der Waals surface area contributed by atoms with Crippen LogP contribution in [0.3, 0.4) is 0 Å². The molecule has 0 aliphatic heterocycles. The lowest BCUT2D eigenvalue weighted by molar-refractivity contribution is -0.132. The Bertz CT molecular complexity index is 1260. The van der Waals surface area contributed by atoms with E-state index in [-0.39, 0.29) is 23.4 Å². The summed E-state index contributed by atoms with van der Waals surface area (Å²) in [7, 11) is 0. The predicted octanol–water partition coefficient (Wildman–Crippen LogP) is 4.95. The first kappa shape index (κ1) is 23.2. The molecule has 36 heavy (non-hydrogen) atoms. The first-order valence-electron chi connectivity index (χ1n) is 11.8. The minimum Gasteiger partial charge on any atom is -0.294 e. The van der Waals surface area contributed by atoms with Crippen LogP contribution in [0.2, 0.25) is 0 Å². The standard InChI is InChI=1S/C30H24N4O2/c35-25(3-1-21-5-13-31-14-6-21)29-27(23-9-17-33-18-10-23)30(28(29)24-11-19-34-20-12-24)26(36)4-2-22-7-15-32-16-8-22/h1-20,27-30H/b3-1+,4-2+. The minimum atomic E-state index is -0.392. The van der Waals surface area contributed by atoms with Crippen LogP contribution in [0.4, 0.5) is 0 Å². The zero-order chi connectivity index (χ0) is 24.7. The van der Waals surface area contributed by atoms with Crippen LogP contribution in [0.5, 0.6) is 0 Å². The van der Waals surface area contributed by atoms with Crippen molar-refractivity contribution in [1.29, 1.82) is 0 Å². The number of hydrogen-bond acceptors (Lipinski definition) is 6. The zero-order valence-corrected chi connectivity index (χ0v) is 19.5. The van der Waals surface area contributed by atoms with Gasteiger partial charge in [0.05, 0.1) is 0 Å². The fourth-order valence-electron chi connectivity index (χ4n) is 4.98. The predicted molar refractivity (Wildman–Crippen MR) is 137 cm³/mol. The monoisotopic (exact) mass is 472 g/mol. The smallest absolute Gasteiger partial charge is 0.160 e. The van der Waals surface area contributed by atoms with Crippen molar-refractivity contribution in [3.8, 4) is 0 Å². The number of ketones is 2. The highest BCUT2D eigenvalue weighted by Crippen LogP contribution is 2.58. The molecule has 0 atom stereocenters. The van der Waals surface area contributed by atoms with E-state index >= 15 is 0 Å². The molecule has 1 saturated carbocycles. The molecule has 4 aromatic heterocycles. The van der Waals surface area contributed by atoms with Crippen molar-refractivity contribution in [3.63, 3.8) is 0 Å². The molecule has 1 aliphatic carbocycles. The third-order valence-electron chi connectivity index (χ3n) is 6.68. The molecule has 0 amide bonds. The maximum Gasteiger partial charge on any atom is 0.160 e. The van der Waals surface area contributed by atoms with E-state index in [2.05, 4.69) is 19.9 Å². The van der Waals surface area contributed by atoms with E-state index in [1.807, 2.05) is 48.5 Å². The number of rotatable bonds is 8. The number of aromatic nitrogens is 4. The molecule has 1 fully saturated rings. The fraction of sp³-hybridized carbons (Fsp3) is 0.133. The second-order valence-electron chi connectivity index (χ2n) is 8.70. The molecule has 5 rings (SSSR count). The molecule has 4 heterocycles. The average molecular weight is 473 g/mol. The van der Waals surface area contributed by atoms with Crippen LogP contribution in [-0.2, 0) is 9.59 Å². The van der Waals surface area contributed by atoms with Crippen molar-refractivity contribution in [3.05, 3.63) is 133 Å². The molecule has 0 spiro atoms. The maximum absolute atomic E-state index is 13.6. The van der Waals surface area contributed by atoms with E-state index in [0.717, 1.165) is 22.3 Å². The van der Waals surface area contributed by atoms with Crippen LogP contribution >= 0.6 is 0 Å². The molecule has 0 saturated heterocycles. The summed E-state index contributed by atoms with van der Waals surface area (Å²) >= 11 is 0. The summed E-state index contributed by atoms with van der Waals surface area (Å²) in [4.78, 5) is 43.6. The molecule has 0 N–H and O–H groups in total. The average Bonchev–Trinajstić information content (AvgIpc) is 2.92. The first-order valence-corrected chi connectivity index (χ1v) is 11.8. The highest BCUT2D eigenvalue weighted by atomic mass is 16.1. The van der Waals surface area contributed by atoms with Gasteiger partial charge < -0.3 is 0 Å². The van der Waals surface area contributed by atoms with Crippen molar-refractivity contribution in [1.82, 2.24) is 19.9 Å². The van der Waals surface area contributed by atoms with Gasteiger partial charge >= 0.3 is 0 Å². The van der Waals surface area contributed by atoms with Crippen LogP contribution < -0.4 is 0 Å². The Morgan fingerprint density at radius 3 is 1.14 bits per heavy atom. The van der Waals surface area contributed by atoms with Gasteiger partial charge in [-0.05, 0) is 82.9 Å². The zero-order valence-electron chi connectivity index (χ0n) is 19.5. The van der Waals surface area contributed by atoms with Crippen molar-refractivity contribution >= 4 is 23.7 Å². The molecule has 176 valence electrons. The molecule has 0 bridgehead atoms. The van der Waals surface area contributed by atoms with Gasteiger partial charge in [0.2, 0.25) is 0 Å². The summed E-state index contributed by atoms with van der Waals surface area (Å²) in [5.41, 5.74) is 3.65. The Morgan fingerprint density at radius 2 is 0.806 bits per heavy atom. The van der Waals surface area contributed by atoms with Gasteiger partial charge in [0.1, 0.15) is 0 Å². The van der Waals surface area contributed by atoms with Gasteiger partial charge in [0.15, 0.2) is 11.6 Å². The Morgan fingerprint density at radius 1 is 0.500 bits per heavy atom. The van der Waals surface area contributed by atoms with Gasteiger partial charge in [0, 0.05) is 73.2 Å². The lowest BCUT2D eigenvalue weighted by atomic mass is 9.50. The lowest BCUT2D eigenvalue weighted by Crippen LogP contribution is -2.50. The van der Waals surface area contributed by atoms with Crippen LogP contribution in [0.25, 0.3) is 12.2 Å². The van der Waals surface area contributed by atoms with Crippen LogP contribution in [0.1, 0.15) is 34.1 Å². The van der Waals surface area contributed by atoms with Crippen molar-refractivity contribution in [2.45, 2.75) is 11.8 Å². The van der Waals surface area contributed by atoms with E-state index in [1.54, 1.807) is 73.9 Å².